The lowest BCUT2D eigenvalue weighted by Gasteiger charge is -2.42. The van der Waals surface area contributed by atoms with Gasteiger partial charge in [0, 0.05) is 24.8 Å². The van der Waals surface area contributed by atoms with E-state index in [1.807, 2.05) is 52.0 Å². The molecule has 0 saturated carbocycles. The van der Waals surface area contributed by atoms with Gasteiger partial charge in [0.1, 0.15) is 17.4 Å². The summed E-state index contributed by atoms with van der Waals surface area (Å²) < 4.78 is 12.0. The van der Waals surface area contributed by atoms with Gasteiger partial charge in [-0.25, -0.2) is 0 Å². The van der Waals surface area contributed by atoms with Crippen molar-refractivity contribution in [3.63, 3.8) is 0 Å². The number of benzene rings is 1. The second-order valence-electron chi connectivity index (χ2n) is 7.80. The molecular formula is C21H30N2O4. The Balaban J connectivity index is 2.07. The van der Waals surface area contributed by atoms with Gasteiger partial charge in [0.05, 0.1) is 18.9 Å². The molecule has 2 aliphatic heterocycles. The average molecular weight is 374 g/mol. The first-order chi connectivity index (χ1) is 12.9. The van der Waals surface area contributed by atoms with Crippen molar-refractivity contribution in [2.45, 2.75) is 64.6 Å². The molecule has 1 fully saturated rings. The third-order valence-electron chi connectivity index (χ3n) is 5.65. The molecule has 1 aromatic carbocycles. The van der Waals surface area contributed by atoms with Crippen LogP contribution in [0, 0.1) is 5.92 Å². The van der Waals surface area contributed by atoms with Crippen LogP contribution in [0.4, 0.5) is 5.69 Å². The minimum atomic E-state index is -0.793. The van der Waals surface area contributed by atoms with Crippen LogP contribution in [0.1, 0.15) is 47.0 Å². The van der Waals surface area contributed by atoms with Crippen LogP contribution in [-0.4, -0.2) is 42.7 Å². The smallest absolute Gasteiger partial charge is 0.254 e. The molecule has 0 bridgehead atoms. The zero-order valence-electron chi connectivity index (χ0n) is 16.7. The van der Waals surface area contributed by atoms with E-state index in [1.165, 1.54) is 0 Å². The van der Waals surface area contributed by atoms with Crippen molar-refractivity contribution in [1.82, 2.24) is 5.32 Å². The molecule has 1 saturated heterocycles. The lowest BCUT2D eigenvalue weighted by atomic mass is 9.84. The highest BCUT2D eigenvalue weighted by Gasteiger charge is 2.52. The van der Waals surface area contributed by atoms with Crippen LogP contribution < -0.4 is 15.0 Å². The minimum Gasteiger partial charge on any atom is -0.482 e. The Hall–Kier alpha value is -2.08. The van der Waals surface area contributed by atoms with Gasteiger partial charge in [-0.05, 0) is 32.4 Å². The molecule has 6 heteroatoms. The zero-order chi connectivity index (χ0) is 19.6. The number of anilines is 1. The number of rotatable bonds is 4. The Morgan fingerprint density at radius 1 is 1.26 bits per heavy atom. The van der Waals surface area contributed by atoms with Crippen molar-refractivity contribution in [1.29, 1.82) is 0 Å². The lowest BCUT2D eigenvalue weighted by molar-refractivity contribution is -0.139. The van der Waals surface area contributed by atoms with Crippen molar-refractivity contribution in [2.24, 2.45) is 5.92 Å². The van der Waals surface area contributed by atoms with Gasteiger partial charge in [0.25, 0.3) is 5.91 Å². The summed E-state index contributed by atoms with van der Waals surface area (Å²) in [6.07, 6.45) is 1.84. The molecule has 27 heavy (non-hydrogen) atoms. The topological polar surface area (TPSA) is 67.9 Å². The van der Waals surface area contributed by atoms with Gasteiger partial charge in [-0.3, -0.25) is 9.59 Å². The normalized spacial score (nSPS) is 22.8. The highest BCUT2D eigenvalue weighted by atomic mass is 16.5. The number of carbonyl (C=O) groups is 2. The molecule has 1 aromatic rings. The summed E-state index contributed by atoms with van der Waals surface area (Å²) in [5, 5.41) is 3.03. The Bertz CT molecular complexity index is 697. The molecule has 2 amide bonds. The number of ether oxygens (including phenoxy) is 2. The Morgan fingerprint density at radius 2 is 1.93 bits per heavy atom. The van der Waals surface area contributed by atoms with Gasteiger partial charge in [-0.1, -0.05) is 26.0 Å². The highest BCUT2D eigenvalue weighted by molar-refractivity contribution is 6.02. The Kier molecular flexibility index (Phi) is 5.75. The summed E-state index contributed by atoms with van der Waals surface area (Å²) in [5.74, 6) is 0.294. The predicted octanol–water partition coefficient (Wildman–Crippen LogP) is 2.90. The first kappa shape index (κ1) is 19.7. The SMILES string of the molecule is CC[C@@H](C)C(=O)N[C@@H]1C(=O)N(C(C)C)c2ccccc2OC12CCOCC2. The van der Waals surface area contributed by atoms with Crippen molar-refractivity contribution in [2.75, 3.05) is 18.1 Å². The third-order valence-corrected chi connectivity index (χ3v) is 5.65. The van der Waals surface area contributed by atoms with Crippen LogP contribution in [0.25, 0.3) is 0 Å². The molecule has 0 aliphatic carbocycles. The standard InChI is InChI=1S/C21H30N2O4/c1-5-15(4)19(24)22-18-20(25)23(14(2)3)16-8-6-7-9-17(16)27-21(18)10-12-26-13-11-21/h6-9,14-15,18H,5,10-13H2,1-4H3,(H,22,24)/t15-,18-/m1/s1. The van der Waals surface area contributed by atoms with E-state index in [9.17, 15) is 9.59 Å². The quantitative estimate of drug-likeness (QED) is 0.880. The van der Waals surface area contributed by atoms with Gasteiger partial charge in [0.2, 0.25) is 5.91 Å². The number of fused-ring (bicyclic) bond motifs is 1. The number of para-hydroxylation sites is 2. The van der Waals surface area contributed by atoms with Crippen LogP contribution in [0.15, 0.2) is 24.3 Å². The van der Waals surface area contributed by atoms with Gasteiger partial charge < -0.3 is 19.7 Å². The van der Waals surface area contributed by atoms with Crippen molar-refractivity contribution < 1.29 is 19.1 Å². The molecule has 0 unspecified atom stereocenters. The molecule has 0 aromatic heterocycles. The van der Waals surface area contributed by atoms with E-state index in [-0.39, 0.29) is 23.8 Å². The van der Waals surface area contributed by atoms with Gasteiger partial charge in [-0.2, -0.15) is 0 Å². The van der Waals surface area contributed by atoms with Crippen LogP contribution >= 0.6 is 0 Å². The maximum absolute atomic E-state index is 13.7. The summed E-state index contributed by atoms with van der Waals surface area (Å²) in [6.45, 7) is 8.81. The molecular weight excluding hydrogens is 344 g/mol. The van der Waals surface area contributed by atoms with Gasteiger partial charge in [0.15, 0.2) is 0 Å². The summed E-state index contributed by atoms with van der Waals surface area (Å²) in [4.78, 5) is 28.1. The molecule has 2 atom stereocenters. The molecule has 1 N–H and O–H groups in total. The maximum Gasteiger partial charge on any atom is 0.254 e. The molecule has 1 spiro atoms. The fourth-order valence-corrected chi connectivity index (χ4v) is 3.81. The van der Waals surface area contributed by atoms with Gasteiger partial charge >= 0.3 is 0 Å². The molecule has 2 heterocycles. The first-order valence-electron chi connectivity index (χ1n) is 9.89. The van der Waals surface area contributed by atoms with E-state index in [0.717, 1.165) is 12.1 Å². The van der Waals surface area contributed by atoms with Crippen molar-refractivity contribution in [3.05, 3.63) is 24.3 Å². The van der Waals surface area contributed by atoms with E-state index in [1.54, 1.807) is 4.90 Å². The fourth-order valence-electron chi connectivity index (χ4n) is 3.81. The Morgan fingerprint density at radius 3 is 2.56 bits per heavy atom. The van der Waals surface area contributed by atoms with Crippen molar-refractivity contribution in [3.8, 4) is 5.75 Å². The summed E-state index contributed by atoms with van der Waals surface area (Å²) in [6, 6.07) is 6.82. The number of nitrogens with one attached hydrogen (secondary N) is 1. The second-order valence-corrected chi connectivity index (χ2v) is 7.80. The molecule has 0 radical (unpaired) electrons. The molecule has 3 rings (SSSR count). The lowest BCUT2D eigenvalue weighted by Crippen LogP contribution is -2.64. The van der Waals surface area contributed by atoms with Crippen LogP contribution in [0.2, 0.25) is 0 Å². The van der Waals surface area contributed by atoms with Crippen LogP contribution in [0.3, 0.4) is 0 Å². The van der Waals surface area contributed by atoms with Gasteiger partial charge in [-0.15, -0.1) is 0 Å². The number of nitrogens with zero attached hydrogens (tertiary/aromatic N) is 1. The predicted molar refractivity (Wildman–Crippen MR) is 104 cm³/mol. The van der Waals surface area contributed by atoms with E-state index >= 15 is 0 Å². The van der Waals surface area contributed by atoms with Crippen LogP contribution in [-0.2, 0) is 14.3 Å². The van der Waals surface area contributed by atoms with E-state index in [2.05, 4.69) is 5.32 Å². The zero-order valence-corrected chi connectivity index (χ0v) is 16.7. The van der Waals surface area contributed by atoms with E-state index in [4.69, 9.17) is 9.47 Å². The van der Waals surface area contributed by atoms with E-state index in [0.29, 0.717) is 31.8 Å². The molecule has 6 nitrogen and oxygen atoms in total. The Labute approximate surface area is 161 Å². The summed E-state index contributed by atoms with van der Waals surface area (Å²) in [7, 11) is 0. The maximum atomic E-state index is 13.7. The average Bonchev–Trinajstić information content (AvgIpc) is 2.75. The fraction of sp³-hybridized carbons (Fsp3) is 0.619. The first-order valence-corrected chi connectivity index (χ1v) is 9.89. The van der Waals surface area contributed by atoms with Crippen molar-refractivity contribution >= 4 is 17.5 Å². The largest absolute Gasteiger partial charge is 0.482 e. The van der Waals surface area contributed by atoms with E-state index < -0.39 is 11.6 Å². The minimum absolute atomic E-state index is 0.0553. The number of amides is 2. The third kappa shape index (κ3) is 3.68. The number of carbonyl (C=O) groups excluding carboxylic acids is 2. The molecule has 2 aliphatic rings. The molecule has 148 valence electrons. The monoisotopic (exact) mass is 374 g/mol. The summed E-state index contributed by atoms with van der Waals surface area (Å²) >= 11 is 0. The van der Waals surface area contributed by atoms with Crippen LogP contribution in [0.5, 0.6) is 5.75 Å². The summed E-state index contributed by atoms with van der Waals surface area (Å²) in [5.41, 5.74) is -0.0401. The second kappa shape index (κ2) is 7.89. The highest BCUT2D eigenvalue weighted by Crippen LogP contribution is 2.41. The number of hydrogen-bond acceptors (Lipinski definition) is 4. The number of hydrogen-bond donors (Lipinski definition) is 1.